The van der Waals surface area contributed by atoms with Gasteiger partial charge in [0, 0.05) is 18.4 Å². The number of aryl methyl sites for hydroxylation is 1. The van der Waals surface area contributed by atoms with E-state index in [1.165, 1.54) is 0 Å². The second-order valence-corrected chi connectivity index (χ2v) is 4.73. The van der Waals surface area contributed by atoms with Gasteiger partial charge in [0.05, 0.1) is 6.07 Å². The summed E-state index contributed by atoms with van der Waals surface area (Å²) in [6, 6.07) is 6.17. The Morgan fingerprint density at radius 2 is 2.19 bits per heavy atom. The van der Waals surface area contributed by atoms with Crippen LogP contribution in [0.3, 0.4) is 0 Å². The van der Waals surface area contributed by atoms with E-state index in [-0.39, 0.29) is 5.41 Å². The van der Waals surface area contributed by atoms with Crippen molar-refractivity contribution in [2.75, 3.05) is 13.1 Å². The van der Waals surface area contributed by atoms with E-state index in [0.717, 1.165) is 31.0 Å². The molecule has 1 aromatic rings. The quantitative estimate of drug-likeness (QED) is 0.750. The molecule has 0 aliphatic heterocycles. The van der Waals surface area contributed by atoms with Crippen LogP contribution in [0.4, 0.5) is 0 Å². The highest BCUT2D eigenvalue weighted by Gasteiger charge is 2.23. The molecule has 0 unspecified atom stereocenters. The lowest BCUT2D eigenvalue weighted by Gasteiger charge is -2.22. The SMILES string of the molecule is Cc1ccc(C(C)(C)CNCCCC#N)o1. The molecule has 16 heavy (non-hydrogen) atoms. The number of hydrogen-bond acceptors (Lipinski definition) is 3. The monoisotopic (exact) mass is 220 g/mol. The van der Waals surface area contributed by atoms with E-state index in [0.29, 0.717) is 6.42 Å². The molecule has 0 atom stereocenters. The van der Waals surface area contributed by atoms with E-state index in [2.05, 4.69) is 25.2 Å². The Bertz CT molecular complexity index is 360. The fourth-order valence-electron chi connectivity index (χ4n) is 1.58. The zero-order valence-corrected chi connectivity index (χ0v) is 10.3. The standard InChI is InChI=1S/C13H20N2O/c1-11-6-7-12(16-11)13(2,3)10-15-9-5-4-8-14/h6-7,15H,4-5,9-10H2,1-3H3. The van der Waals surface area contributed by atoms with Crippen molar-refractivity contribution in [3.05, 3.63) is 23.7 Å². The van der Waals surface area contributed by atoms with Crippen LogP contribution >= 0.6 is 0 Å². The first kappa shape index (κ1) is 12.8. The third-order valence-electron chi connectivity index (χ3n) is 2.62. The number of hydrogen-bond donors (Lipinski definition) is 1. The summed E-state index contributed by atoms with van der Waals surface area (Å²) in [5, 5.41) is 11.8. The molecular formula is C13H20N2O. The number of nitrogens with one attached hydrogen (secondary N) is 1. The summed E-state index contributed by atoms with van der Waals surface area (Å²) in [6.45, 7) is 8.02. The van der Waals surface area contributed by atoms with Crippen LogP contribution in [0.25, 0.3) is 0 Å². The first-order valence-corrected chi connectivity index (χ1v) is 5.71. The van der Waals surface area contributed by atoms with E-state index < -0.39 is 0 Å². The van der Waals surface area contributed by atoms with Crippen molar-refractivity contribution < 1.29 is 4.42 Å². The van der Waals surface area contributed by atoms with Crippen molar-refractivity contribution >= 4 is 0 Å². The largest absolute Gasteiger partial charge is 0.466 e. The molecule has 1 heterocycles. The fourth-order valence-corrected chi connectivity index (χ4v) is 1.58. The van der Waals surface area contributed by atoms with Crippen LogP contribution in [-0.2, 0) is 5.41 Å². The van der Waals surface area contributed by atoms with Crippen LogP contribution in [0.15, 0.2) is 16.5 Å². The molecule has 0 radical (unpaired) electrons. The molecule has 1 rings (SSSR count). The van der Waals surface area contributed by atoms with Crippen LogP contribution in [0.1, 0.15) is 38.2 Å². The molecular weight excluding hydrogens is 200 g/mol. The Labute approximate surface area is 97.5 Å². The van der Waals surface area contributed by atoms with Gasteiger partial charge in [-0.25, -0.2) is 0 Å². The molecule has 0 amide bonds. The third kappa shape index (κ3) is 3.71. The topological polar surface area (TPSA) is 49.0 Å². The molecule has 3 heteroatoms. The predicted octanol–water partition coefficient (Wildman–Crippen LogP) is 2.76. The molecule has 0 bridgehead atoms. The first-order valence-electron chi connectivity index (χ1n) is 5.71. The Hall–Kier alpha value is -1.27. The van der Waals surface area contributed by atoms with Crippen molar-refractivity contribution in [3.8, 4) is 6.07 Å². The number of furan rings is 1. The van der Waals surface area contributed by atoms with Gasteiger partial charge in [-0.2, -0.15) is 5.26 Å². The molecule has 1 aromatic heterocycles. The molecule has 0 aliphatic rings. The number of rotatable bonds is 6. The maximum absolute atomic E-state index is 8.41. The molecule has 1 N–H and O–H groups in total. The van der Waals surface area contributed by atoms with Gasteiger partial charge in [-0.1, -0.05) is 13.8 Å². The molecule has 0 saturated carbocycles. The van der Waals surface area contributed by atoms with Gasteiger partial charge in [-0.15, -0.1) is 0 Å². The summed E-state index contributed by atoms with van der Waals surface area (Å²) in [4.78, 5) is 0. The molecule has 0 spiro atoms. The maximum atomic E-state index is 8.41. The second-order valence-electron chi connectivity index (χ2n) is 4.73. The Balaban J connectivity index is 2.37. The normalized spacial score (nSPS) is 11.4. The van der Waals surface area contributed by atoms with Crippen molar-refractivity contribution in [1.82, 2.24) is 5.32 Å². The number of unbranched alkanes of at least 4 members (excludes halogenated alkanes) is 1. The van der Waals surface area contributed by atoms with Gasteiger partial charge < -0.3 is 9.73 Å². The molecule has 0 saturated heterocycles. The van der Waals surface area contributed by atoms with E-state index in [1.807, 2.05) is 19.1 Å². The van der Waals surface area contributed by atoms with Crippen LogP contribution < -0.4 is 5.32 Å². The summed E-state index contributed by atoms with van der Waals surface area (Å²) < 4.78 is 5.63. The molecule has 3 nitrogen and oxygen atoms in total. The van der Waals surface area contributed by atoms with E-state index in [9.17, 15) is 0 Å². The highest BCUT2D eigenvalue weighted by Crippen LogP contribution is 2.24. The predicted molar refractivity (Wildman–Crippen MR) is 64.2 cm³/mol. The van der Waals surface area contributed by atoms with Gasteiger partial charge in [0.25, 0.3) is 0 Å². The van der Waals surface area contributed by atoms with Crippen molar-refractivity contribution in [1.29, 1.82) is 5.26 Å². The van der Waals surface area contributed by atoms with Crippen LogP contribution in [0.2, 0.25) is 0 Å². The number of nitriles is 1. The summed E-state index contributed by atoms with van der Waals surface area (Å²) in [7, 11) is 0. The molecule has 0 aromatic carbocycles. The average molecular weight is 220 g/mol. The minimum absolute atomic E-state index is 0.000896. The Morgan fingerprint density at radius 3 is 2.75 bits per heavy atom. The summed E-state index contributed by atoms with van der Waals surface area (Å²) in [5.74, 6) is 1.96. The average Bonchev–Trinajstić information content (AvgIpc) is 2.65. The van der Waals surface area contributed by atoms with Crippen LogP contribution in [0.5, 0.6) is 0 Å². The molecule has 0 aliphatic carbocycles. The lowest BCUT2D eigenvalue weighted by atomic mass is 9.90. The Morgan fingerprint density at radius 1 is 1.44 bits per heavy atom. The van der Waals surface area contributed by atoms with Crippen molar-refractivity contribution in [2.45, 2.75) is 39.0 Å². The Kier molecular flexibility index (Phi) is 4.57. The highest BCUT2D eigenvalue weighted by atomic mass is 16.3. The summed E-state index contributed by atoms with van der Waals surface area (Å²) in [5.41, 5.74) is 0.000896. The van der Waals surface area contributed by atoms with E-state index in [4.69, 9.17) is 9.68 Å². The smallest absolute Gasteiger partial charge is 0.111 e. The first-order chi connectivity index (χ1) is 7.56. The van der Waals surface area contributed by atoms with Crippen LogP contribution in [-0.4, -0.2) is 13.1 Å². The van der Waals surface area contributed by atoms with Crippen molar-refractivity contribution in [3.63, 3.8) is 0 Å². The van der Waals surface area contributed by atoms with Gasteiger partial charge in [-0.05, 0) is 32.0 Å². The highest BCUT2D eigenvalue weighted by molar-refractivity contribution is 5.15. The minimum Gasteiger partial charge on any atom is -0.466 e. The summed E-state index contributed by atoms with van der Waals surface area (Å²) in [6.07, 6.45) is 1.52. The minimum atomic E-state index is 0.000896. The third-order valence-corrected chi connectivity index (χ3v) is 2.62. The van der Waals surface area contributed by atoms with E-state index >= 15 is 0 Å². The van der Waals surface area contributed by atoms with Crippen LogP contribution in [0, 0.1) is 18.3 Å². The second kappa shape index (κ2) is 5.72. The number of nitrogens with zero attached hydrogens (tertiary/aromatic N) is 1. The molecule has 0 fully saturated rings. The van der Waals surface area contributed by atoms with Gasteiger partial charge in [0.2, 0.25) is 0 Å². The van der Waals surface area contributed by atoms with E-state index in [1.54, 1.807) is 0 Å². The zero-order valence-electron chi connectivity index (χ0n) is 10.3. The molecule has 88 valence electrons. The maximum Gasteiger partial charge on any atom is 0.111 e. The van der Waals surface area contributed by atoms with Crippen molar-refractivity contribution in [2.24, 2.45) is 0 Å². The lowest BCUT2D eigenvalue weighted by Crippen LogP contribution is -2.33. The fraction of sp³-hybridized carbons (Fsp3) is 0.615. The zero-order chi connectivity index (χ0) is 12.0. The lowest BCUT2D eigenvalue weighted by molar-refractivity contribution is 0.357. The van der Waals surface area contributed by atoms with Gasteiger partial charge in [-0.3, -0.25) is 0 Å². The van der Waals surface area contributed by atoms with Gasteiger partial charge in [0.1, 0.15) is 11.5 Å². The van der Waals surface area contributed by atoms with Gasteiger partial charge in [0.15, 0.2) is 0 Å². The summed E-state index contributed by atoms with van der Waals surface area (Å²) >= 11 is 0. The van der Waals surface area contributed by atoms with Gasteiger partial charge >= 0.3 is 0 Å².